The molecule has 2 aromatic carbocycles. The molecule has 3 aliphatic rings. The fraction of sp³-hybridized carbons (Fsp3) is 0.379. The van der Waals surface area contributed by atoms with E-state index in [-0.39, 0.29) is 0 Å². The standard InChI is InChI=1S/C29H32/c1-20(2)17-21-7-9-22(10-8-21)24-11-12-25(18-24)26-13-15-29-27(19-26)14-16-28(29)23-5-3-4-6-23/h7-11,13-16,18-20,23,28H,3-6,12,17H2,1-2H3. The molecule has 0 heteroatoms. The van der Waals surface area contributed by atoms with Crippen LogP contribution in [0.25, 0.3) is 17.2 Å². The molecule has 2 aromatic rings. The van der Waals surface area contributed by atoms with Gasteiger partial charge in [-0.05, 0) is 82.5 Å². The summed E-state index contributed by atoms with van der Waals surface area (Å²) in [6.45, 7) is 4.56. The molecule has 3 aliphatic carbocycles. The molecule has 1 fully saturated rings. The summed E-state index contributed by atoms with van der Waals surface area (Å²) in [6, 6.07) is 16.4. The van der Waals surface area contributed by atoms with E-state index in [9.17, 15) is 0 Å². The Balaban J connectivity index is 1.33. The Bertz CT molecular complexity index is 975. The van der Waals surface area contributed by atoms with Crippen LogP contribution < -0.4 is 0 Å². The maximum atomic E-state index is 2.47. The van der Waals surface area contributed by atoms with E-state index in [1.54, 1.807) is 5.56 Å². The fourth-order valence-electron chi connectivity index (χ4n) is 5.49. The molecular weight excluding hydrogens is 348 g/mol. The zero-order valence-corrected chi connectivity index (χ0v) is 17.8. The van der Waals surface area contributed by atoms with E-state index >= 15 is 0 Å². The molecule has 1 saturated carbocycles. The van der Waals surface area contributed by atoms with Gasteiger partial charge < -0.3 is 0 Å². The van der Waals surface area contributed by atoms with E-state index in [0.29, 0.717) is 11.8 Å². The molecule has 0 spiro atoms. The molecule has 0 amide bonds. The second kappa shape index (κ2) is 7.82. The molecule has 0 N–H and O–H groups in total. The molecule has 0 aliphatic heterocycles. The first-order valence-electron chi connectivity index (χ1n) is 11.5. The largest absolute Gasteiger partial charge is 0.0761 e. The van der Waals surface area contributed by atoms with Gasteiger partial charge in [-0.15, -0.1) is 0 Å². The molecule has 0 radical (unpaired) electrons. The first-order valence-corrected chi connectivity index (χ1v) is 11.5. The van der Waals surface area contributed by atoms with Crippen molar-refractivity contribution in [3.8, 4) is 0 Å². The van der Waals surface area contributed by atoms with E-state index in [1.165, 1.54) is 59.1 Å². The Labute approximate surface area is 176 Å². The third kappa shape index (κ3) is 3.78. The van der Waals surface area contributed by atoms with Gasteiger partial charge >= 0.3 is 0 Å². The minimum atomic E-state index is 0.664. The first kappa shape index (κ1) is 18.7. The van der Waals surface area contributed by atoms with Crippen LogP contribution in [-0.4, -0.2) is 0 Å². The Morgan fingerprint density at radius 3 is 2.45 bits per heavy atom. The van der Waals surface area contributed by atoms with Crippen LogP contribution in [0.2, 0.25) is 0 Å². The van der Waals surface area contributed by atoms with Crippen molar-refractivity contribution in [2.24, 2.45) is 11.8 Å². The summed E-state index contributed by atoms with van der Waals surface area (Å²) in [7, 11) is 0. The number of hydrogen-bond acceptors (Lipinski definition) is 0. The van der Waals surface area contributed by atoms with Gasteiger partial charge in [-0.2, -0.15) is 0 Å². The van der Waals surface area contributed by atoms with Gasteiger partial charge in [-0.3, -0.25) is 0 Å². The van der Waals surface area contributed by atoms with Crippen molar-refractivity contribution >= 4 is 17.2 Å². The van der Waals surface area contributed by atoms with Crippen LogP contribution in [0.5, 0.6) is 0 Å². The average molecular weight is 381 g/mol. The van der Waals surface area contributed by atoms with Gasteiger partial charge in [0.2, 0.25) is 0 Å². The zero-order valence-electron chi connectivity index (χ0n) is 17.8. The second-order valence-electron chi connectivity index (χ2n) is 9.60. The zero-order chi connectivity index (χ0) is 19.8. The van der Waals surface area contributed by atoms with Gasteiger partial charge in [0.1, 0.15) is 0 Å². The van der Waals surface area contributed by atoms with E-state index in [2.05, 4.69) is 80.6 Å². The van der Waals surface area contributed by atoms with E-state index in [0.717, 1.165) is 18.8 Å². The van der Waals surface area contributed by atoms with Crippen molar-refractivity contribution in [2.75, 3.05) is 0 Å². The Hall–Kier alpha value is -2.34. The number of fused-ring (bicyclic) bond motifs is 1. The highest BCUT2D eigenvalue weighted by Crippen LogP contribution is 2.44. The van der Waals surface area contributed by atoms with Gasteiger partial charge in [0.05, 0.1) is 0 Å². The van der Waals surface area contributed by atoms with Gasteiger partial charge in [-0.1, -0.05) is 87.4 Å². The van der Waals surface area contributed by atoms with Gasteiger partial charge in [-0.25, -0.2) is 0 Å². The highest BCUT2D eigenvalue weighted by atomic mass is 14.3. The molecule has 1 atom stereocenters. The third-order valence-electron chi connectivity index (χ3n) is 7.01. The third-order valence-corrected chi connectivity index (χ3v) is 7.01. The number of allylic oxidation sites excluding steroid dienone is 5. The average Bonchev–Trinajstić information content (AvgIpc) is 3.47. The lowest BCUT2D eigenvalue weighted by atomic mass is 9.86. The quantitative estimate of drug-likeness (QED) is 0.492. The lowest BCUT2D eigenvalue weighted by molar-refractivity contribution is 0.498. The van der Waals surface area contributed by atoms with Crippen LogP contribution in [0.1, 0.15) is 79.7 Å². The Kier molecular flexibility index (Phi) is 5.04. The van der Waals surface area contributed by atoms with E-state index in [1.807, 2.05) is 0 Å². The molecule has 0 nitrogen and oxygen atoms in total. The molecule has 5 rings (SSSR count). The predicted molar refractivity (Wildman–Crippen MR) is 126 cm³/mol. The van der Waals surface area contributed by atoms with Gasteiger partial charge in [0, 0.05) is 5.92 Å². The van der Waals surface area contributed by atoms with E-state index in [4.69, 9.17) is 0 Å². The topological polar surface area (TPSA) is 0 Å². The summed E-state index contributed by atoms with van der Waals surface area (Å²) in [5.74, 6) is 2.24. The summed E-state index contributed by atoms with van der Waals surface area (Å²) in [4.78, 5) is 0. The molecule has 1 unspecified atom stereocenters. The van der Waals surface area contributed by atoms with Crippen molar-refractivity contribution in [2.45, 2.75) is 58.3 Å². The highest BCUT2D eigenvalue weighted by Gasteiger charge is 2.28. The number of rotatable bonds is 5. The van der Waals surface area contributed by atoms with Crippen LogP contribution in [0, 0.1) is 11.8 Å². The molecule has 148 valence electrons. The maximum Gasteiger partial charge on any atom is 0.00555 e. The molecule has 0 aromatic heterocycles. The van der Waals surface area contributed by atoms with Crippen LogP contribution in [0.4, 0.5) is 0 Å². The summed E-state index contributed by atoms with van der Waals surface area (Å²) < 4.78 is 0. The minimum Gasteiger partial charge on any atom is -0.0761 e. The summed E-state index contributed by atoms with van der Waals surface area (Å²) in [5, 5.41) is 0. The lowest BCUT2D eigenvalue weighted by Crippen LogP contribution is -2.05. The molecule has 0 bridgehead atoms. The van der Waals surface area contributed by atoms with Crippen molar-refractivity contribution < 1.29 is 0 Å². The minimum absolute atomic E-state index is 0.664. The smallest absolute Gasteiger partial charge is 0.00555 e. The normalized spacial score (nSPS) is 21.0. The van der Waals surface area contributed by atoms with Crippen molar-refractivity contribution in [1.82, 2.24) is 0 Å². The van der Waals surface area contributed by atoms with Crippen LogP contribution in [0.15, 0.2) is 60.7 Å². The Morgan fingerprint density at radius 2 is 1.69 bits per heavy atom. The number of benzene rings is 2. The SMILES string of the molecule is CC(C)Cc1ccc(C2=CCC(c3ccc4c(c3)C=CC4C3CCCC3)=C2)cc1. The number of hydrogen-bond donors (Lipinski definition) is 0. The maximum absolute atomic E-state index is 2.47. The molecular formula is C29H32. The molecule has 29 heavy (non-hydrogen) atoms. The van der Waals surface area contributed by atoms with Crippen molar-refractivity contribution in [3.63, 3.8) is 0 Å². The summed E-state index contributed by atoms with van der Waals surface area (Å²) in [6.07, 6.45) is 17.5. The van der Waals surface area contributed by atoms with Gasteiger partial charge in [0.25, 0.3) is 0 Å². The van der Waals surface area contributed by atoms with Crippen LogP contribution in [-0.2, 0) is 6.42 Å². The summed E-state index contributed by atoms with van der Waals surface area (Å²) in [5.41, 5.74) is 10.0. The lowest BCUT2D eigenvalue weighted by Gasteiger charge is -2.18. The molecule has 0 saturated heterocycles. The van der Waals surface area contributed by atoms with Gasteiger partial charge in [0.15, 0.2) is 0 Å². The molecule has 0 heterocycles. The summed E-state index contributed by atoms with van der Waals surface area (Å²) >= 11 is 0. The Morgan fingerprint density at radius 1 is 0.931 bits per heavy atom. The van der Waals surface area contributed by atoms with Crippen molar-refractivity contribution in [3.05, 3.63) is 88.5 Å². The highest BCUT2D eigenvalue weighted by molar-refractivity contribution is 5.90. The predicted octanol–water partition coefficient (Wildman–Crippen LogP) is 8.06. The van der Waals surface area contributed by atoms with Crippen LogP contribution >= 0.6 is 0 Å². The van der Waals surface area contributed by atoms with Crippen LogP contribution in [0.3, 0.4) is 0 Å². The second-order valence-corrected chi connectivity index (χ2v) is 9.60. The monoisotopic (exact) mass is 380 g/mol. The van der Waals surface area contributed by atoms with E-state index < -0.39 is 0 Å². The first-order chi connectivity index (χ1) is 14.2. The van der Waals surface area contributed by atoms with Crippen molar-refractivity contribution in [1.29, 1.82) is 0 Å². The fourth-order valence-corrected chi connectivity index (χ4v) is 5.49.